The van der Waals surface area contributed by atoms with Crippen LogP contribution < -0.4 is 11.1 Å². The zero-order valence-electron chi connectivity index (χ0n) is 10.2. The SMILES string of the molecule is NC(=O)c1ccc(NC(=O)c2cc(F)cc(F)c2)cc1. The fourth-order valence-electron chi connectivity index (χ4n) is 1.61. The number of hydrogen-bond donors (Lipinski definition) is 2. The molecule has 0 aliphatic carbocycles. The zero-order chi connectivity index (χ0) is 14.7. The lowest BCUT2D eigenvalue weighted by molar-refractivity contribution is 0.0998. The molecule has 4 nitrogen and oxygen atoms in total. The first-order valence-corrected chi connectivity index (χ1v) is 5.63. The lowest BCUT2D eigenvalue weighted by Gasteiger charge is -2.06. The van der Waals surface area contributed by atoms with Crippen molar-refractivity contribution in [1.29, 1.82) is 0 Å². The highest BCUT2D eigenvalue weighted by Gasteiger charge is 2.10. The van der Waals surface area contributed by atoms with Gasteiger partial charge in [0.2, 0.25) is 5.91 Å². The minimum Gasteiger partial charge on any atom is -0.366 e. The molecule has 0 spiro atoms. The van der Waals surface area contributed by atoms with Gasteiger partial charge in [0.1, 0.15) is 11.6 Å². The lowest BCUT2D eigenvalue weighted by Crippen LogP contribution is -2.13. The molecule has 0 saturated carbocycles. The van der Waals surface area contributed by atoms with Gasteiger partial charge in [-0.25, -0.2) is 8.78 Å². The van der Waals surface area contributed by atoms with E-state index in [9.17, 15) is 18.4 Å². The van der Waals surface area contributed by atoms with Gasteiger partial charge >= 0.3 is 0 Å². The third kappa shape index (κ3) is 3.17. The van der Waals surface area contributed by atoms with Gasteiger partial charge in [-0.05, 0) is 36.4 Å². The number of rotatable bonds is 3. The summed E-state index contributed by atoms with van der Waals surface area (Å²) in [6.07, 6.45) is 0. The third-order valence-electron chi connectivity index (χ3n) is 2.55. The van der Waals surface area contributed by atoms with E-state index in [0.29, 0.717) is 17.3 Å². The molecule has 20 heavy (non-hydrogen) atoms. The van der Waals surface area contributed by atoms with Gasteiger partial charge in [-0.15, -0.1) is 0 Å². The molecule has 0 fully saturated rings. The summed E-state index contributed by atoms with van der Waals surface area (Å²) in [5.74, 6) is -2.91. The van der Waals surface area contributed by atoms with E-state index in [4.69, 9.17) is 5.73 Å². The van der Waals surface area contributed by atoms with Crippen LogP contribution in [0, 0.1) is 11.6 Å². The van der Waals surface area contributed by atoms with E-state index >= 15 is 0 Å². The third-order valence-corrected chi connectivity index (χ3v) is 2.55. The Morgan fingerprint density at radius 1 is 0.900 bits per heavy atom. The van der Waals surface area contributed by atoms with Crippen LogP contribution >= 0.6 is 0 Å². The Hall–Kier alpha value is -2.76. The average Bonchev–Trinajstić information content (AvgIpc) is 2.38. The van der Waals surface area contributed by atoms with Crippen LogP contribution in [0.25, 0.3) is 0 Å². The van der Waals surface area contributed by atoms with Crippen molar-refractivity contribution in [3.8, 4) is 0 Å². The minimum absolute atomic E-state index is 0.138. The number of nitrogens with one attached hydrogen (secondary N) is 1. The van der Waals surface area contributed by atoms with Crippen molar-refractivity contribution in [2.45, 2.75) is 0 Å². The van der Waals surface area contributed by atoms with E-state index in [2.05, 4.69) is 5.32 Å². The monoisotopic (exact) mass is 276 g/mol. The number of benzene rings is 2. The summed E-state index contributed by atoms with van der Waals surface area (Å²) in [4.78, 5) is 22.7. The number of carbonyl (C=O) groups is 2. The van der Waals surface area contributed by atoms with Gasteiger partial charge in [0, 0.05) is 22.9 Å². The van der Waals surface area contributed by atoms with Crippen LogP contribution in [0.1, 0.15) is 20.7 Å². The molecule has 3 N–H and O–H groups in total. The molecule has 2 amide bonds. The maximum absolute atomic E-state index is 13.0. The van der Waals surface area contributed by atoms with Crippen molar-refractivity contribution >= 4 is 17.5 Å². The molecule has 2 aromatic carbocycles. The smallest absolute Gasteiger partial charge is 0.255 e. The van der Waals surface area contributed by atoms with Gasteiger partial charge in [-0.1, -0.05) is 0 Å². The molecule has 0 aliphatic rings. The molecule has 102 valence electrons. The molecule has 2 aromatic rings. The minimum atomic E-state index is -0.834. The first kappa shape index (κ1) is 13.7. The molecular formula is C14H10F2N2O2. The number of anilines is 1. The normalized spacial score (nSPS) is 10.1. The Morgan fingerprint density at radius 3 is 1.95 bits per heavy atom. The number of nitrogens with two attached hydrogens (primary N) is 1. The van der Waals surface area contributed by atoms with Crippen molar-refractivity contribution in [2.24, 2.45) is 5.73 Å². The highest BCUT2D eigenvalue weighted by molar-refractivity contribution is 6.04. The van der Waals surface area contributed by atoms with E-state index in [1.54, 1.807) is 0 Å². The van der Waals surface area contributed by atoms with E-state index in [-0.39, 0.29) is 5.56 Å². The first-order valence-electron chi connectivity index (χ1n) is 5.63. The molecular weight excluding hydrogens is 266 g/mol. The molecule has 0 aliphatic heterocycles. The Morgan fingerprint density at radius 2 is 1.45 bits per heavy atom. The Balaban J connectivity index is 2.16. The van der Waals surface area contributed by atoms with E-state index in [1.807, 2.05) is 0 Å². The Labute approximate surface area is 113 Å². The van der Waals surface area contributed by atoms with Crippen molar-refractivity contribution in [3.63, 3.8) is 0 Å². The van der Waals surface area contributed by atoms with Crippen molar-refractivity contribution in [3.05, 3.63) is 65.2 Å². The molecule has 0 bridgehead atoms. The summed E-state index contributed by atoms with van der Waals surface area (Å²) in [6.45, 7) is 0. The summed E-state index contributed by atoms with van der Waals surface area (Å²) >= 11 is 0. The number of primary amides is 1. The molecule has 0 unspecified atom stereocenters. The largest absolute Gasteiger partial charge is 0.366 e. The quantitative estimate of drug-likeness (QED) is 0.903. The highest BCUT2D eigenvalue weighted by atomic mass is 19.1. The Kier molecular flexibility index (Phi) is 3.74. The van der Waals surface area contributed by atoms with E-state index in [0.717, 1.165) is 12.1 Å². The van der Waals surface area contributed by atoms with Gasteiger partial charge in [-0.3, -0.25) is 9.59 Å². The van der Waals surface area contributed by atoms with Crippen LogP contribution in [0.5, 0.6) is 0 Å². The maximum Gasteiger partial charge on any atom is 0.255 e. The topological polar surface area (TPSA) is 72.2 Å². The number of hydrogen-bond acceptors (Lipinski definition) is 2. The maximum atomic E-state index is 13.0. The second kappa shape index (κ2) is 5.48. The molecule has 0 heterocycles. The fraction of sp³-hybridized carbons (Fsp3) is 0. The number of halogens is 2. The second-order valence-corrected chi connectivity index (χ2v) is 4.05. The first-order chi connectivity index (χ1) is 9.45. The van der Waals surface area contributed by atoms with E-state index in [1.165, 1.54) is 24.3 Å². The molecule has 2 rings (SSSR count). The molecule has 0 aromatic heterocycles. The molecule has 0 atom stereocenters. The summed E-state index contributed by atoms with van der Waals surface area (Å²) < 4.78 is 26.0. The van der Waals surface area contributed by atoms with Crippen molar-refractivity contribution in [2.75, 3.05) is 5.32 Å². The van der Waals surface area contributed by atoms with Crippen LogP contribution in [0.4, 0.5) is 14.5 Å². The molecule has 6 heteroatoms. The molecule has 0 radical (unpaired) electrons. The van der Waals surface area contributed by atoms with Gasteiger partial charge in [-0.2, -0.15) is 0 Å². The summed E-state index contributed by atoms with van der Waals surface area (Å²) in [7, 11) is 0. The van der Waals surface area contributed by atoms with Crippen molar-refractivity contribution in [1.82, 2.24) is 0 Å². The fourth-order valence-corrected chi connectivity index (χ4v) is 1.61. The van der Waals surface area contributed by atoms with Gasteiger partial charge < -0.3 is 11.1 Å². The van der Waals surface area contributed by atoms with Gasteiger partial charge in [0.15, 0.2) is 0 Å². The van der Waals surface area contributed by atoms with Gasteiger partial charge in [0.05, 0.1) is 0 Å². The lowest BCUT2D eigenvalue weighted by atomic mass is 10.1. The van der Waals surface area contributed by atoms with Crippen LogP contribution in [0.3, 0.4) is 0 Å². The number of amides is 2. The zero-order valence-corrected chi connectivity index (χ0v) is 10.2. The summed E-state index contributed by atoms with van der Waals surface area (Å²) in [6, 6.07) is 8.33. The second-order valence-electron chi connectivity index (χ2n) is 4.05. The highest BCUT2D eigenvalue weighted by Crippen LogP contribution is 2.13. The average molecular weight is 276 g/mol. The Bertz CT molecular complexity index is 649. The summed E-state index contributed by atoms with van der Waals surface area (Å²) in [5.41, 5.74) is 5.61. The predicted molar refractivity (Wildman–Crippen MR) is 69.3 cm³/mol. The van der Waals surface area contributed by atoms with E-state index < -0.39 is 23.4 Å². The van der Waals surface area contributed by atoms with Crippen LogP contribution in [-0.4, -0.2) is 11.8 Å². The standard InChI is InChI=1S/C14H10F2N2O2/c15-10-5-9(6-11(16)7-10)14(20)18-12-3-1-8(2-4-12)13(17)19/h1-7H,(H2,17,19)(H,18,20). The van der Waals surface area contributed by atoms with Gasteiger partial charge in [0.25, 0.3) is 5.91 Å². The predicted octanol–water partition coefficient (Wildman–Crippen LogP) is 2.32. The summed E-state index contributed by atoms with van der Waals surface area (Å²) in [5, 5.41) is 2.45. The van der Waals surface area contributed by atoms with Crippen LogP contribution in [0.15, 0.2) is 42.5 Å². The molecule has 0 saturated heterocycles. The number of carbonyl (C=O) groups excluding carboxylic acids is 2. The van der Waals surface area contributed by atoms with Crippen molar-refractivity contribution < 1.29 is 18.4 Å². The van der Waals surface area contributed by atoms with Crippen LogP contribution in [0.2, 0.25) is 0 Å². The van der Waals surface area contributed by atoms with Crippen LogP contribution in [-0.2, 0) is 0 Å².